The van der Waals surface area contributed by atoms with Gasteiger partial charge in [-0.05, 0) is 43.9 Å². The molecule has 0 unspecified atom stereocenters. The first-order valence-corrected chi connectivity index (χ1v) is 8.59. The van der Waals surface area contributed by atoms with Gasteiger partial charge in [-0.1, -0.05) is 35.6 Å². The minimum atomic E-state index is 0.0550. The lowest BCUT2D eigenvalue weighted by atomic mass is 10.1. The molecule has 0 radical (unpaired) electrons. The van der Waals surface area contributed by atoms with Gasteiger partial charge < -0.3 is 10.6 Å². The second kappa shape index (κ2) is 7.03. The third-order valence-corrected chi connectivity index (χ3v) is 4.99. The molecule has 0 bridgehead atoms. The molecule has 2 heterocycles. The summed E-state index contributed by atoms with van der Waals surface area (Å²) in [6.07, 6.45) is 5.69. The Hall–Kier alpha value is -1.72. The molecule has 0 spiro atoms. The van der Waals surface area contributed by atoms with Crippen molar-refractivity contribution < 1.29 is 4.79 Å². The molecule has 1 aromatic carbocycles. The highest BCUT2D eigenvalue weighted by Crippen LogP contribution is 2.31. The molecule has 4 nitrogen and oxygen atoms in total. The number of aryl methyl sites for hydroxylation is 1. The zero-order chi connectivity index (χ0) is 15.4. The number of hydrogen-bond acceptors (Lipinski definition) is 4. The van der Waals surface area contributed by atoms with E-state index in [1.807, 2.05) is 18.3 Å². The maximum atomic E-state index is 12.0. The summed E-state index contributed by atoms with van der Waals surface area (Å²) >= 11 is 1.53. The van der Waals surface area contributed by atoms with Crippen molar-refractivity contribution in [3.63, 3.8) is 0 Å². The molecule has 3 rings (SSSR count). The van der Waals surface area contributed by atoms with E-state index in [9.17, 15) is 4.79 Å². The third-order valence-electron chi connectivity index (χ3n) is 4.04. The molecule has 1 saturated heterocycles. The molecule has 116 valence electrons. The van der Waals surface area contributed by atoms with E-state index in [1.165, 1.54) is 35.3 Å². The first kappa shape index (κ1) is 15.2. The van der Waals surface area contributed by atoms with Gasteiger partial charge in [0.2, 0.25) is 5.91 Å². The van der Waals surface area contributed by atoms with Gasteiger partial charge in [-0.3, -0.25) is 4.79 Å². The largest absolute Gasteiger partial charge is 0.314 e. The molecule has 22 heavy (non-hydrogen) atoms. The van der Waals surface area contributed by atoms with Crippen molar-refractivity contribution in [1.82, 2.24) is 10.3 Å². The SMILES string of the molecule is Cc1ccccc1-c1cnc(NC(=O)CC[C@@H]2CCCN2)s1. The van der Waals surface area contributed by atoms with Crippen LogP contribution in [0.4, 0.5) is 5.13 Å². The number of nitrogens with one attached hydrogen (secondary N) is 2. The van der Waals surface area contributed by atoms with Gasteiger partial charge in [-0.15, -0.1) is 0 Å². The molecule has 1 aliphatic rings. The summed E-state index contributed by atoms with van der Waals surface area (Å²) in [6, 6.07) is 8.72. The predicted molar refractivity (Wildman–Crippen MR) is 91.2 cm³/mol. The number of nitrogens with zero attached hydrogens (tertiary/aromatic N) is 1. The molecule has 0 saturated carbocycles. The van der Waals surface area contributed by atoms with Crippen LogP contribution in [0.15, 0.2) is 30.5 Å². The molecular weight excluding hydrogens is 294 g/mol. The molecule has 2 aromatic rings. The summed E-state index contributed by atoms with van der Waals surface area (Å²) in [5.74, 6) is 0.0550. The third kappa shape index (κ3) is 3.72. The van der Waals surface area contributed by atoms with Gasteiger partial charge in [0.05, 0.1) is 4.88 Å². The molecule has 1 atom stereocenters. The number of benzene rings is 1. The minimum Gasteiger partial charge on any atom is -0.314 e. The Bertz CT molecular complexity index is 647. The van der Waals surface area contributed by atoms with Gasteiger partial charge in [-0.2, -0.15) is 0 Å². The van der Waals surface area contributed by atoms with Gasteiger partial charge >= 0.3 is 0 Å². The molecule has 2 N–H and O–H groups in total. The molecule has 1 aromatic heterocycles. The summed E-state index contributed by atoms with van der Waals surface area (Å²) in [6.45, 7) is 3.17. The van der Waals surface area contributed by atoms with E-state index >= 15 is 0 Å². The van der Waals surface area contributed by atoms with E-state index in [2.05, 4.69) is 34.7 Å². The molecule has 1 fully saturated rings. The fourth-order valence-electron chi connectivity index (χ4n) is 2.80. The van der Waals surface area contributed by atoms with Crippen molar-refractivity contribution in [1.29, 1.82) is 0 Å². The summed E-state index contributed by atoms with van der Waals surface area (Å²) in [5, 5.41) is 7.01. The number of thiazole rings is 1. The van der Waals surface area contributed by atoms with Crippen LogP contribution in [0.5, 0.6) is 0 Å². The molecule has 0 aliphatic carbocycles. The predicted octanol–water partition coefficient (Wildman–Crippen LogP) is 3.59. The summed E-state index contributed by atoms with van der Waals surface area (Å²) in [4.78, 5) is 17.4. The van der Waals surface area contributed by atoms with Crippen LogP contribution in [0.2, 0.25) is 0 Å². The normalized spacial score (nSPS) is 17.6. The highest BCUT2D eigenvalue weighted by Gasteiger charge is 2.16. The lowest BCUT2D eigenvalue weighted by molar-refractivity contribution is -0.116. The Balaban J connectivity index is 1.57. The van der Waals surface area contributed by atoms with Crippen LogP contribution in [-0.4, -0.2) is 23.5 Å². The number of aromatic nitrogens is 1. The molecule has 1 aliphatic heterocycles. The highest BCUT2D eigenvalue weighted by atomic mass is 32.1. The van der Waals surface area contributed by atoms with Gasteiger partial charge in [0.15, 0.2) is 5.13 Å². The Morgan fingerprint density at radius 2 is 2.32 bits per heavy atom. The van der Waals surface area contributed by atoms with Crippen molar-refractivity contribution >= 4 is 22.4 Å². The van der Waals surface area contributed by atoms with Gasteiger partial charge in [0, 0.05) is 18.7 Å². The summed E-state index contributed by atoms with van der Waals surface area (Å²) in [5.41, 5.74) is 2.40. The van der Waals surface area contributed by atoms with E-state index in [1.54, 1.807) is 0 Å². The quantitative estimate of drug-likeness (QED) is 0.886. The number of carbonyl (C=O) groups excluding carboxylic acids is 1. The fourth-order valence-corrected chi connectivity index (χ4v) is 3.72. The highest BCUT2D eigenvalue weighted by molar-refractivity contribution is 7.19. The van der Waals surface area contributed by atoms with Gasteiger partial charge in [0.25, 0.3) is 0 Å². The zero-order valence-corrected chi connectivity index (χ0v) is 13.6. The van der Waals surface area contributed by atoms with Crippen LogP contribution in [0.1, 0.15) is 31.2 Å². The fraction of sp³-hybridized carbons (Fsp3) is 0.412. The Morgan fingerprint density at radius 1 is 1.45 bits per heavy atom. The lowest BCUT2D eigenvalue weighted by Crippen LogP contribution is -2.23. The van der Waals surface area contributed by atoms with Crippen molar-refractivity contribution in [2.45, 2.75) is 38.6 Å². The van der Waals surface area contributed by atoms with Gasteiger partial charge in [-0.25, -0.2) is 4.98 Å². The molecule has 1 amide bonds. The standard InChI is InChI=1S/C17H21N3OS/c1-12-5-2-3-7-14(12)15-11-19-17(22-15)20-16(21)9-8-13-6-4-10-18-13/h2-3,5,7,11,13,18H,4,6,8-10H2,1H3,(H,19,20,21)/t13-/m0/s1. The number of hydrogen-bond donors (Lipinski definition) is 2. The van der Waals surface area contributed by atoms with Crippen molar-refractivity contribution in [3.05, 3.63) is 36.0 Å². The van der Waals surface area contributed by atoms with Crippen molar-refractivity contribution in [2.75, 3.05) is 11.9 Å². The Morgan fingerprint density at radius 3 is 3.09 bits per heavy atom. The van der Waals surface area contributed by atoms with Crippen LogP contribution in [-0.2, 0) is 4.79 Å². The van der Waals surface area contributed by atoms with E-state index in [4.69, 9.17) is 0 Å². The smallest absolute Gasteiger partial charge is 0.226 e. The van der Waals surface area contributed by atoms with E-state index in [-0.39, 0.29) is 5.91 Å². The monoisotopic (exact) mass is 315 g/mol. The van der Waals surface area contributed by atoms with E-state index in [0.29, 0.717) is 17.6 Å². The number of rotatable bonds is 5. The maximum absolute atomic E-state index is 12.0. The first-order chi connectivity index (χ1) is 10.7. The minimum absolute atomic E-state index is 0.0550. The van der Waals surface area contributed by atoms with Crippen LogP contribution in [0.25, 0.3) is 10.4 Å². The van der Waals surface area contributed by atoms with E-state index < -0.39 is 0 Å². The van der Waals surface area contributed by atoms with Crippen LogP contribution in [0.3, 0.4) is 0 Å². The maximum Gasteiger partial charge on any atom is 0.226 e. The lowest BCUT2D eigenvalue weighted by Gasteiger charge is -2.08. The molecular formula is C17H21N3OS. The van der Waals surface area contributed by atoms with Crippen molar-refractivity contribution in [2.24, 2.45) is 0 Å². The van der Waals surface area contributed by atoms with E-state index in [0.717, 1.165) is 17.8 Å². The first-order valence-electron chi connectivity index (χ1n) is 7.77. The number of carbonyl (C=O) groups is 1. The second-order valence-corrected chi connectivity index (χ2v) is 6.76. The number of amides is 1. The van der Waals surface area contributed by atoms with Gasteiger partial charge in [0.1, 0.15) is 0 Å². The second-order valence-electron chi connectivity index (χ2n) is 5.72. The number of anilines is 1. The average molecular weight is 315 g/mol. The molecule has 5 heteroatoms. The Labute approximate surface area is 135 Å². The Kier molecular flexibility index (Phi) is 4.85. The average Bonchev–Trinajstić information content (AvgIpc) is 3.17. The van der Waals surface area contributed by atoms with Crippen LogP contribution in [0, 0.1) is 6.92 Å². The van der Waals surface area contributed by atoms with Crippen LogP contribution >= 0.6 is 11.3 Å². The summed E-state index contributed by atoms with van der Waals surface area (Å²) < 4.78 is 0. The topological polar surface area (TPSA) is 54.0 Å². The summed E-state index contributed by atoms with van der Waals surface area (Å²) in [7, 11) is 0. The van der Waals surface area contributed by atoms with Crippen molar-refractivity contribution in [3.8, 4) is 10.4 Å². The van der Waals surface area contributed by atoms with Crippen LogP contribution < -0.4 is 10.6 Å². The zero-order valence-electron chi connectivity index (χ0n) is 12.8.